The number of halogens is 3. The number of aromatic amines is 1. The normalized spacial score (nSPS) is 18.6. The number of hydrogen-bond donors (Lipinski definition) is 3. The van der Waals surface area contributed by atoms with Gasteiger partial charge in [-0.3, -0.25) is 4.90 Å². The first-order valence-corrected chi connectivity index (χ1v) is 9.98. The molecule has 0 amide bonds. The van der Waals surface area contributed by atoms with Gasteiger partial charge >= 0.3 is 0 Å². The molecule has 0 bridgehead atoms. The summed E-state index contributed by atoms with van der Waals surface area (Å²) in [5, 5.41) is 13.5. The van der Waals surface area contributed by atoms with Crippen molar-refractivity contribution in [3.63, 3.8) is 0 Å². The third-order valence-corrected chi connectivity index (χ3v) is 6.26. The third-order valence-electron chi connectivity index (χ3n) is 5.28. The average molecular weight is 425 g/mol. The lowest BCUT2D eigenvalue weighted by Crippen LogP contribution is -2.41. The van der Waals surface area contributed by atoms with Gasteiger partial charge < -0.3 is 15.8 Å². The number of hydrogen-bond acceptors (Lipinski definition) is 3. The molecule has 2 aromatic carbocycles. The monoisotopic (exact) mass is 423 g/mol. The molecule has 2 atom stereocenters. The molecular weight excluding hydrogens is 405 g/mol. The second-order valence-corrected chi connectivity index (χ2v) is 8.14. The summed E-state index contributed by atoms with van der Waals surface area (Å²) in [7, 11) is 0. The van der Waals surface area contributed by atoms with Crippen LogP contribution in [0.25, 0.3) is 10.9 Å². The van der Waals surface area contributed by atoms with Crippen molar-refractivity contribution >= 4 is 45.7 Å². The Bertz CT molecular complexity index is 988. The van der Waals surface area contributed by atoms with Crippen LogP contribution in [0.3, 0.4) is 0 Å². The fourth-order valence-electron chi connectivity index (χ4n) is 3.92. The number of nitrogens with two attached hydrogens (primary N) is 1. The Balaban J connectivity index is 1.61. The summed E-state index contributed by atoms with van der Waals surface area (Å²) in [6.07, 6.45) is 0.203. The van der Waals surface area contributed by atoms with Gasteiger partial charge in [0.25, 0.3) is 0 Å². The summed E-state index contributed by atoms with van der Waals surface area (Å²) < 4.78 is 0. The number of benzene rings is 2. The Morgan fingerprint density at radius 1 is 1.15 bits per heavy atom. The van der Waals surface area contributed by atoms with E-state index in [9.17, 15) is 5.11 Å². The molecule has 4 nitrogen and oxygen atoms in total. The molecule has 0 saturated carbocycles. The van der Waals surface area contributed by atoms with Gasteiger partial charge in [-0.15, -0.1) is 0 Å². The first-order chi connectivity index (χ1) is 13.0. The zero-order valence-electron chi connectivity index (χ0n) is 14.6. The van der Waals surface area contributed by atoms with Crippen LogP contribution in [0.15, 0.2) is 36.4 Å². The minimum atomic E-state index is -0.672. The van der Waals surface area contributed by atoms with Crippen molar-refractivity contribution in [3.8, 4) is 0 Å². The molecule has 142 valence electrons. The first-order valence-electron chi connectivity index (χ1n) is 8.85. The van der Waals surface area contributed by atoms with Crippen molar-refractivity contribution in [3.05, 3.63) is 68.3 Å². The molecule has 2 heterocycles. The van der Waals surface area contributed by atoms with E-state index in [2.05, 4.69) is 9.88 Å². The molecule has 0 spiro atoms. The zero-order valence-corrected chi connectivity index (χ0v) is 16.8. The maximum atomic E-state index is 10.7. The van der Waals surface area contributed by atoms with Gasteiger partial charge in [0.2, 0.25) is 0 Å². The molecular formula is C20H20Cl3N3O. The van der Waals surface area contributed by atoms with Crippen LogP contribution < -0.4 is 5.73 Å². The molecule has 4 rings (SSSR count). The third kappa shape index (κ3) is 3.58. The van der Waals surface area contributed by atoms with Gasteiger partial charge in [0.05, 0.1) is 22.2 Å². The molecule has 1 aliphatic rings. The van der Waals surface area contributed by atoms with E-state index < -0.39 is 6.10 Å². The number of aliphatic hydroxyl groups excluding tert-OH is 1. The second kappa shape index (κ2) is 7.63. The van der Waals surface area contributed by atoms with Crippen molar-refractivity contribution in [2.24, 2.45) is 5.73 Å². The van der Waals surface area contributed by atoms with E-state index in [1.165, 1.54) is 5.56 Å². The summed E-state index contributed by atoms with van der Waals surface area (Å²) >= 11 is 18.2. The minimum absolute atomic E-state index is 0.0114. The highest BCUT2D eigenvalue weighted by Gasteiger charge is 2.31. The van der Waals surface area contributed by atoms with Crippen LogP contribution in [0, 0.1) is 0 Å². The molecule has 27 heavy (non-hydrogen) atoms. The number of aromatic nitrogens is 1. The highest BCUT2D eigenvalue weighted by atomic mass is 35.5. The Labute approximate surface area is 172 Å². The van der Waals surface area contributed by atoms with Crippen molar-refractivity contribution < 1.29 is 5.11 Å². The predicted molar refractivity (Wildman–Crippen MR) is 112 cm³/mol. The molecule has 2 unspecified atom stereocenters. The van der Waals surface area contributed by atoms with Crippen LogP contribution in [0.5, 0.6) is 0 Å². The molecule has 1 aliphatic heterocycles. The number of nitrogens with zero attached hydrogens (tertiary/aromatic N) is 1. The molecule has 0 aliphatic carbocycles. The Morgan fingerprint density at radius 3 is 2.70 bits per heavy atom. The number of H-pyrrole nitrogens is 1. The van der Waals surface area contributed by atoms with Crippen molar-refractivity contribution in [2.75, 3.05) is 19.6 Å². The molecule has 1 aromatic heterocycles. The Kier molecular flexibility index (Phi) is 5.39. The zero-order chi connectivity index (χ0) is 19.1. The molecule has 3 aromatic rings. The van der Waals surface area contributed by atoms with Gasteiger partial charge in [0.1, 0.15) is 0 Å². The fourth-order valence-corrected chi connectivity index (χ4v) is 4.40. The predicted octanol–water partition coefficient (Wildman–Crippen LogP) is 4.72. The largest absolute Gasteiger partial charge is 0.387 e. The standard InChI is InChI=1S/C20H20Cl3N3O/c21-12-2-4-17-14(8-12)13-5-6-26(18(9-24)20(13)25-17)10-19(27)11-1-3-15(22)16(23)7-11/h1-4,7-8,18-19,25,27H,5-6,9-10,24H2. The Hall–Kier alpha value is -1.27. The quantitative estimate of drug-likeness (QED) is 0.568. The Morgan fingerprint density at radius 2 is 1.96 bits per heavy atom. The van der Waals surface area contributed by atoms with Crippen LogP contribution in [0.1, 0.15) is 29.0 Å². The van der Waals surface area contributed by atoms with Gasteiger partial charge in [-0.05, 0) is 47.9 Å². The number of fused-ring (bicyclic) bond motifs is 3. The van der Waals surface area contributed by atoms with Gasteiger partial charge in [-0.1, -0.05) is 40.9 Å². The lowest BCUT2D eigenvalue weighted by atomic mass is 9.96. The molecule has 7 heteroatoms. The molecule has 4 N–H and O–H groups in total. The number of rotatable bonds is 4. The second-order valence-electron chi connectivity index (χ2n) is 6.89. The highest BCUT2D eigenvalue weighted by molar-refractivity contribution is 6.42. The van der Waals surface area contributed by atoms with Crippen molar-refractivity contribution in [1.82, 2.24) is 9.88 Å². The number of β-amino-alcohol motifs (C(OH)–C–C–N with tert-alkyl or cyclic N) is 1. The van der Waals surface area contributed by atoms with E-state index in [1.807, 2.05) is 18.2 Å². The number of nitrogens with one attached hydrogen (secondary N) is 1. The van der Waals surface area contributed by atoms with Gasteiger partial charge in [0, 0.05) is 41.3 Å². The maximum absolute atomic E-state index is 10.7. The van der Waals surface area contributed by atoms with Crippen LogP contribution in [0.4, 0.5) is 0 Å². The van der Waals surface area contributed by atoms with E-state index in [-0.39, 0.29) is 6.04 Å². The molecule has 0 saturated heterocycles. The van der Waals surface area contributed by atoms with Crippen LogP contribution in [-0.4, -0.2) is 34.6 Å². The van der Waals surface area contributed by atoms with Crippen LogP contribution in [-0.2, 0) is 6.42 Å². The average Bonchev–Trinajstić information content (AvgIpc) is 3.01. The van der Waals surface area contributed by atoms with Gasteiger partial charge in [-0.2, -0.15) is 0 Å². The fraction of sp³-hybridized carbons (Fsp3) is 0.300. The van der Waals surface area contributed by atoms with E-state index in [0.717, 1.165) is 40.1 Å². The van der Waals surface area contributed by atoms with Crippen molar-refractivity contribution in [2.45, 2.75) is 18.6 Å². The highest BCUT2D eigenvalue weighted by Crippen LogP contribution is 2.36. The summed E-state index contributed by atoms with van der Waals surface area (Å²) in [6.45, 7) is 1.74. The van der Waals surface area contributed by atoms with Gasteiger partial charge in [-0.25, -0.2) is 0 Å². The molecule has 0 radical (unpaired) electrons. The van der Waals surface area contributed by atoms with Crippen LogP contribution >= 0.6 is 34.8 Å². The molecule has 0 fully saturated rings. The summed E-state index contributed by atoms with van der Waals surface area (Å²) in [5.74, 6) is 0. The maximum Gasteiger partial charge on any atom is 0.0917 e. The first kappa shape index (κ1) is 19.1. The van der Waals surface area contributed by atoms with E-state index in [1.54, 1.807) is 18.2 Å². The summed E-state index contributed by atoms with van der Waals surface area (Å²) in [5.41, 5.74) is 10.3. The van der Waals surface area contributed by atoms with Gasteiger partial charge in [0.15, 0.2) is 0 Å². The topological polar surface area (TPSA) is 65.3 Å². The van der Waals surface area contributed by atoms with E-state index >= 15 is 0 Å². The van der Waals surface area contributed by atoms with E-state index in [4.69, 9.17) is 40.5 Å². The van der Waals surface area contributed by atoms with Crippen molar-refractivity contribution in [1.29, 1.82) is 0 Å². The SMILES string of the molecule is NCC1c2[nH]c3ccc(Cl)cc3c2CCN1CC(O)c1ccc(Cl)c(Cl)c1. The lowest BCUT2D eigenvalue weighted by molar-refractivity contribution is 0.0826. The lowest BCUT2D eigenvalue weighted by Gasteiger charge is -2.36. The number of aliphatic hydroxyl groups is 1. The smallest absolute Gasteiger partial charge is 0.0917 e. The minimum Gasteiger partial charge on any atom is -0.387 e. The van der Waals surface area contributed by atoms with Crippen LogP contribution in [0.2, 0.25) is 15.1 Å². The van der Waals surface area contributed by atoms with E-state index in [0.29, 0.717) is 23.1 Å². The summed E-state index contributed by atoms with van der Waals surface area (Å²) in [6, 6.07) is 11.1. The summed E-state index contributed by atoms with van der Waals surface area (Å²) in [4.78, 5) is 5.72.